The molecule has 0 aromatic heterocycles. The maximum Gasteiger partial charge on any atom is 0.316 e. The number of ether oxygens (including phenoxy) is 10. The lowest BCUT2D eigenvalue weighted by Gasteiger charge is -2.42. The predicted molar refractivity (Wildman–Crippen MR) is 286 cm³/mol. The number of Topliss-reactive ketones (excluding diaryl/α,β-unsaturated/α-hetero) is 2. The molecule has 0 bridgehead atoms. The van der Waals surface area contributed by atoms with E-state index in [4.69, 9.17) is 47.4 Å². The number of carbonyl (C=O) groups excluding carboxylic acids is 6. The number of hydrogen-bond donors (Lipinski definition) is 3. The fourth-order valence-electron chi connectivity index (χ4n) is 12.1. The quantitative estimate of drug-likeness (QED) is 0.0538. The van der Waals surface area contributed by atoms with Gasteiger partial charge in [0.05, 0.1) is 56.1 Å². The SMILES string of the molecule is C=CCO[C@]1(C)C[C@@H](C)CN[C@H](C)[C@H]2CC(=O)O[C@]2(C)[C@@H](CC)OC(=O)[C@H](C)C(=O)[C@H](C)[C@H]1OCOC.CC.CC[C@H]1OC(=O)[C@H](C)C(=O)[C@H](C)[C@@H](OCOC)[C@](C)(OCCO)C[C@@H](C)CN[C@H](C)[C@H]2CC(=O)O[C@@]21C. The number of esters is 4. The second-order valence-corrected chi connectivity index (χ2v) is 22.2. The lowest BCUT2D eigenvalue weighted by Crippen LogP contribution is -2.53. The van der Waals surface area contributed by atoms with Gasteiger partial charge in [-0.25, -0.2) is 0 Å². The van der Waals surface area contributed by atoms with Gasteiger partial charge < -0.3 is 63.1 Å². The smallest absolute Gasteiger partial charge is 0.316 e. The molecule has 0 unspecified atom stereocenters. The number of methoxy groups -OCH3 is 2. The Kier molecular flexibility index (Phi) is 28.4. The van der Waals surface area contributed by atoms with E-state index < -0.39 is 82.4 Å². The van der Waals surface area contributed by atoms with Crippen molar-refractivity contribution in [2.75, 3.05) is 60.7 Å². The van der Waals surface area contributed by atoms with Crippen molar-refractivity contribution in [3.05, 3.63) is 12.7 Å². The van der Waals surface area contributed by atoms with Crippen LogP contribution in [0, 0.1) is 47.3 Å². The van der Waals surface area contributed by atoms with Gasteiger partial charge in [-0.05, 0) is 106 Å². The summed E-state index contributed by atoms with van der Waals surface area (Å²) in [6, 6.07) is -0.199. The average molecular weight is 1090 g/mol. The number of cyclic esters (lactones) is 2. The predicted octanol–water partition coefficient (Wildman–Crippen LogP) is 6.71. The van der Waals surface area contributed by atoms with Gasteiger partial charge >= 0.3 is 23.9 Å². The maximum absolute atomic E-state index is 13.6. The van der Waals surface area contributed by atoms with Crippen molar-refractivity contribution >= 4 is 35.4 Å². The maximum atomic E-state index is 13.6. The van der Waals surface area contributed by atoms with E-state index in [1.54, 1.807) is 26.8 Å². The number of hydrogen-bond acceptors (Lipinski definition) is 19. The number of nitrogens with one attached hydrogen (secondary N) is 2. The first-order valence-corrected chi connectivity index (χ1v) is 27.8. The molecule has 0 spiro atoms. The molecule has 18 atom stereocenters. The molecule has 0 amide bonds. The van der Waals surface area contributed by atoms with Crippen LogP contribution >= 0.6 is 0 Å². The van der Waals surface area contributed by atoms with Crippen LogP contribution < -0.4 is 10.6 Å². The summed E-state index contributed by atoms with van der Waals surface area (Å²) in [5.74, 6) is -6.39. The minimum absolute atomic E-state index is 0.0267. The van der Waals surface area contributed by atoms with Gasteiger partial charge in [0.15, 0.2) is 22.8 Å². The van der Waals surface area contributed by atoms with E-state index in [-0.39, 0.29) is 106 Å². The van der Waals surface area contributed by atoms with Gasteiger partial charge in [0.1, 0.15) is 37.6 Å². The summed E-state index contributed by atoms with van der Waals surface area (Å²) in [4.78, 5) is 78.6. The molecule has 0 aliphatic carbocycles. The van der Waals surface area contributed by atoms with Crippen LogP contribution in [-0.2, 0) is 76.1 Å². The van der Waals surface area contributed by atoms with E-state index in [1.165, 1.54) is 21.1 Å². The highest BCUT2D eigenvalue weighted by molar-refractivity contribution is 6.00. The molecule has 4 fully saturated rings. The van der Waals surface area contributed by atoms with Gasteiger partial charge in [0.2, 0.25) is 0 Å². The molecule has 19 heteroatoms. The molecular weight excluding hydrogens is 985 g/mol. The Labute approximate surface area is 454 Å². The lowest BCUT2D eigenvalue weighted by molar-refractivity contribution is -0.199. The van der Waals surface area contributed by atoms with Crippen LogP contribution in [0.25, 0.3) is 0 Å². The highest BCUT2D eigenvalue weighted by Crippen LogP contribution is 2.43. The zero-order valence-corrected chi connectivity index (χ0v) is 49.5. The molecule has 4 rings (SSSR count). The first kappa shape index (κ1) is 68.7. The zero-order chi connectivity index (χ0) is 57.9. The topological polar surface area (TPSA) is 239 Å². The molecule has 440 valence electrons. The fourth-order valence-corrected chi connectivity index (χ4v) is 12.1. The lowest BCUT2D eigenvalue weighted by atomic mass is 9.78. The van der Waals surface area contributed by atoms with Crippen molar-refractivity contribution in [3.8, 4) is 0 Å². The molecule has 4 saturated heterocycles. The number of carbonyl (C=O) groups is 6. The van der Waals surface area contributed by atoms with E-state index in [0.29, 0.717) is 38.8 Å². The van der Waals surface area contributed by atoms with Gasteiger partial charge in [-0.1, -0.05) is 61.5 Å². The Morgan fingerprint density at radius 1 is 0.632 bits per heavy atom. The first-order valence-electron chi connectivity index (χ1n) is 27.8. The largest absolute Gasteiger partial charge is 0.458 e. The highest BCUT2D eigenvalue weighted by atomic mass is 16.7. The van der Waals surface area contributed by atoms with Gasteiger partial charge in [-0.15, -0.1) is 6.58 Å². The van der Waals surface area contributed by atoms with Crippen LogP contribution in [0.2, 0.25) is 0 Å². The van der Waals surface area contributed by atoms with Crippen molar-refractivity contribution in [2.24, 2.45) is 47.3 Å². The van der Waals surface area contributed by atoms with Crippen molar-refractivity contribution < 1.29 is 81.2 Å². The molecule has 4 heterocycles. The van der Waals surface area contributed by atoms with E-state index in [1.807, 2.05) is 69.2 Å². The molecule has 0 aromatic rings. The summed E-state index contributed by atoms with van der Waals surface area (Å²) in [6.07, 6.45) is 1.24. The monoisotopic (exact) mass is 1080 g/mol. The van der Waals surface area contributed by atoms with Crippen molar-refractivity contribution in [2.45, 2.75) is 208 Å². The van der Waals surface area contributed by atoms with E-state index in [9.17, 15) is 33.9 Å². The summed E-state index contributed by atoms with van der Waals surface area (Å²) < 4.78 is 58.2. The number of aliphatic hydroxyl groups is 1. The Hall–Kier alpha value is -3.40. The molecule has 0 saturated carbocycles. The minimum Gasteiger partial charge on any atom is -0.458 e. The standard InChI is InChI=1S/C28H47NO8.C27H47NO9.C2H6/c1-10-12-35-27(7)14-17(3)15-29-20(6)21-13-23(30)37-28(21,8)22(11-2)36-26(32)19(5)24(31)18(4)25(27)34-16-33-9;1-9-21-27(7)20(12-22(30)37-27)19(5)28-14-16(2)13-26(6,35-11-10-29)24(34-15-33-8)17(3)23(31)18(4)25(32)36-21;1-2/h10,17-22,25,29H,1,11-16H2,2-9H3;16-21,24,28-29H,9-15H2,1-8H3;1-2H3/t17-,18+,19-,20-,21-,22-,25-,27-,28+;16-,17+,18-,19-,20-,21-,24-,26-,27+;/m11./s1. The molecule has 0 aromatic carbocycles. The summed E-state index contributed by atoms with van der Waals surface area (Å²) in [5.41, 5.74) is -3.85. The number of ketones is 2. The third-order valence-corrected chi connectivity index (χ3v) is 16.1. The van der Waals surface area contributed by atoms with Gasteiger partial charge in [-0.2, -0.15) is 0 Å². The summed E-state index contributed by atoms with van der Waals surface area (Å²) >= 11 is 0. The van der Waals surface area contributed by atoms with Crippen LogP contribution in [0.5, 0.6) is 0 Å². The van der Waals surface area contributed by atoms with Gasteiger partial charge in [-0.3, -0.25) is 28.8 Å². The molecule has 19 nitrogen and oxygen atoms in total. The third-order valence-electron chi connectivity index (χ3n) is 16.1. The van der Waals surface area contributed by atoms with Crippen LogP contribution in [0.1, 0.15) is 149 Å². The Balaban J connectivity index is 0.000000504. The van der Waals surface area contributed by atoms with Crippen LogP contribution in [0.15, 0.2) is 12.7 Å². The summed E-state index contributed by atoms with van der Waals surface area (Å²) in [6.45, 7) is 35.0. The molecule has 4 aliphatic rings. The van der Waals surface area contributed by atoms with Crippen molar-refractivity contribution in [1.29, 1.82) is 0 Å². The van der Waals surface area contributed by atoms with Gasteiger partial charge in [0.25, 0.3) is 0 Å². The zero-order valence-electron chi connectivity index (χ0n) is 49.5. The first-order chi connectivity index (χ1) is 35.7. The van der Waals surface area contributed by atoms with Crippen LogP contribution in [0.4, 0.5) is 0 Å². The fraction of sp³-hybridized carbons (Fsp3) is 0.860. The highest BCUT2D eigenvalue weighted by Gasteiger charge is 2.57. The molecule has 3 N–H and O–H groups in total. The summed E-state index contributed by atoms with van der Waals surface area (Å²) in [5, 5.41) is 16.6. The number of aliphatic hydroxyl groups excluding tert-OH is 1. The van der Waals surface area contributed by atoms with Gasteiger partial charge in [0, 0.05) is 50.0 Å². The van der Waals surface area contributed by atoms with E-state index in [0.717, 1.165) is 0 Å². The molecule has 4 aliphatic heterocycles. The normalized spacial score (nSPS) is 39.3. The summed E-state index contributed by atoms with van der Waals surface area (Å²) in [7, 11) is 3.01. The van der Waals surface area contributed by atoms with E-state index in [2.05, 4.69) is 31.1 Å². The number of fused-ring (bicyclic) bond motifs is 2. The molecule has 76 heavy (non-hydrogen) atoms. The van der Waals surface area contributed by atoms with Crippen LogP contribution in [0.3, 0.4) is 0 Å². The second-order valence-electron chi connectivity index (χ2n) is 22.2. The van der Waals surface area contributed by atoms with E-state index >= 15 is 0 Å². The van der Waals surface area contributed by atoms with Crippen molar-refractivity contribution in [3.63, 3.8) is 0 Å². The third kappa shape index (κ3) is 17.3. The second kappa shape index (κ2) is 31.4. The average Bonchev–Trinajstić information content (AvgIpc) is 3.88. The minimum atomic E-state index is -1.07. The Morgan fingerprint density at radius 3 is 1.33 bits per heavy atom. The molecule has 0 radical (unpaired) electrons. The van der Waals surface area contributed by atoms with Crippen LogP contribution in [-0.4, -0.2) is 160 Å². The van der Waals surface area contributed by atoms with Crippen molar-refractivity contribution in [1.82, 2.24) is 10.6 Å². The number of rotatable bonds is 14. The Morgan fingerprint density at radius 2 is 1.00 bits per heavy atom. The Bertz CT molecular complexity index is 1870. The molecular formula is C57H100N2O17.